The van der Waals surface area contributed by atoms with E-state index in [-0.39, 0.29) is 25.2 Å². The molecule has 1 aromatic rings. The van der Waals surface area contributed by atoms with Crippen molar-refractivity contribution in [3.8, 4) is 6.07 Å². The molecule has 1 fully saturated rings. The maximum atomic E-state index is 12.5. The summed E-state index contributed by atoms with van der Waals surface area (Å²) in [6.45, 7) is -0.264. The van der Waals surface area contributed by atoms with E-state index in [0.717, 1.165) is 6.07 Å². The summed E-state index contributed by atoms with van der Waals surface area (Å²) < 4.78 is 60.3. The summed E-state index contributed by atoms with van der Waals surface area (Å²) in [7, 11) is -5.71. The van der Waals surface area contributed by atoms with E-state index < -0.39 is 36.5 Å². The minimum Gasteiger partial charge on any atom is -0.385 e. The number of aliphatic hydroxyl groups is 1. The molecule has 0 spiro atoms. The number of hydrogen-bond acceptors (Lipinski definition) is 7. The number of halogens is 3. The molecule has 0 radical (unpaired) electrons. The first-order valence-corrected chi connectivity index (χ1v) is 7.84. The molecule has 0 amide bonds. The van der Waals surface area contributed by atoms with Crippen LogP contribution in [0, 0.1) is 21.4 Å². The SMILES string of the molecule is N#CCC1(O)CN(c2ccc(S(=O)(=O)C(F)(F)F)cc2[N+](=O)[O-])C1. The van der Waals surface area contributed by atoms with Crippen molar-refractivity contribution < 1.29 is 31.6 Å². The highest BCUT2D eigenvalue weighted by Gasteiger charge is 2.48. The van der Waals surface area contributed by atoms with Crippen molar-refractivity contribution in [2.24, 2.45) is 0 Å². The summed E-state index contributed by atoms with van der Waals surface area (Å²) >= 11 is 0. The third-order valence-corrected chi connectivity index (χ3v) is 4.96. The fraction of sp³-hybridized carbons (Fsp3) is 0.417. The lowest BCUT2D eigenvalue weighted by atomic mass is 9.90. The van der Waals surface area contributed by atoms with Gasteiger partial charge in [0, 0.05) is 19.2 Å². The van der Waals surface area contributed by atoms with Crippen LogP contribution < -0.4 is 4.90 Å². The molecule has 0 unspecified atom stereocenters. The van der Waals surface area contributed by atoms with Crippen LogP contribution in [0.1, 0.15) is 6.42 Å². The fourth-order valence-corrected chi connectivity index (χ4v) is 3.09. The molecular weight excluding hydrogens is 355 g/mol. The van der Waals surface area contributed by atoms with Gasteiger partial charge in [0.05, 0.1) is 22.3 Å². The number of alkyl halides is 3. The number of hydrogen-bond donors (Lipinski definition) is 1. The van der Waals surface area contributed by atoms with Gasteiger partial charge in [0.1, 0.15) is 11.3 Å². The molecule has 12 heteroatoms. The summed E-state index contributed by atoms with van der Waals surface area (Å²) in [6, 6.07) is 3.58. The Morgan fingerprint density at radius 1 is 1.42 bits per heavy atom. The molecule has 1 aliphatic rings. The highest BCUT2D eigenvalue weighted by Crippen LogP contribution is 2.39. The third kappa shape index (κ3) is 3.00. The average molecular weight is 365 g/mol. The Labute approximate surface area is 133 Å². The van der Waals surface area contributed by atoms with Crippen molar-refractivity contribution in [2.45, 2.75) is 22.4 Å². The first-order valence-electron chi connectivity index (χ1n) is 6.35. The van der Waals surface area contributed by atoms with Gasteiger partial charge in [0.15, 0.2) is 0 Å². The highest BCUT2D eigenvalue weighted by atomic mass is 32.2. The zero-order valence-electron chi connectivity index (χ0n) is 11.8. The van der Waals surface area contributed by atoms with Crippen LogP contribution in [0.3, 0.4) is 0 Å². The summed E-state index contributed by atoms with van der Waals surface area (Å²) in [6.07, 6.45) is -0.210. The van der Waals surface area contributed by atoms with Gasteiger partial charge >= 0.3 is 5.51 Å². The molecule has 1 aromatic carbocycles. The van der Waals surface area contributed by atoms with Crippen molar-refractivity contribution >= 4 is 21.2 Å². The monoisotopic (exact) mass is 365 g/mol. The van der Waals surface area contributed by atoms with E-state index in [1.807, 2.05) is 0 Å². The summed E-state index contributed by atoms with van der Waals surface area (Å²) in [5, 5.41) is 29.5. The fourth-order valence-electron chi connectivity index (χ4n) is 2.31. The molecule has 0 bridgehead atoms. The van der Waals surface area contributed by atoms with Gasteiger partial charge in [0.25, 0.3) is 15.5 Å². The van der Waals surface area contributed by atoms with Crippen LogP contribution in [0.25, 0.3) is 0 Å². The first-order chi connectivity index (χ1) is 10.9. The van der Waals surface area contributed by atoms with Crippen molar-refractivity contribution in [1.29, 1.82) is 5.26 Å². The molecule has 130 valence electrons. The van der Waals surface area contributed by atoms with E-state index in [4.69, 9.17) is 5.26 Å². The molecular formula is C12H10F3N3O5S. The second kappa shape index (κ2) is 5.60. The van der Waals surface area contributed by atoms with Crippen LogP contribution in [-0.4, -0.2) is 42.6 Å². The lowest BCUT2D eigenvalue weighted by Gasteiger charge is -2.46. The molecule has 1 heterocycles. The summed E-state index contributed by atoms with van der Waals surface area (Å²) in [4.78, 5) is 10.1. The number of nitrogens with zero attached hydrogens (tertiary/aromatic N) is 3. The van der Waals surface area contributed by atoms with E-state index in [9.17, 15) is 36.8 Å². The third-order valence-electron chi connectivity index (χ3n) is 3.48. The number of rotatable bonds is 4. The molecule has 1 saturated heterocycles. The Morgan fingerprint density at radius 2 is 2.00 bits per heavy atom. The lowest BCUT2D eigenvalue weighted by molar-refractivity contribution is -0.384. The Kier molecular flexibility index (Phi) is 4.19. The van der Waals surface area contributed by atoms with E-state index in [0.29, 0.717) is 12.1 Å². The van der Waals surface area contributed by atoms with Gasteiger partial charge in [-0.1, -0.05) is 0 Å². The quantitative estimate of drug-likeness (QED) is 0.631. The van der Waals surface area contributed by atoms with E-state index in [2.05, 4.69) is 0 Å². The molecule has 8 nitrogen and oxygen atoms in total. The normalized spacial score (nSPS) is 17.0. The van der Waals surface area contributed by atoms with Gasteiger partial charge in [-0.15, -0.1) is 0 Å². The smallest absolute Gasteiger partial charge is 0.385 e. The number of benzene rings is 1. The molecule has 1 aliphatic heterocycles. The van der Waals surface area contributed by atoms with Crippen molar-refractivity contribution in [1.82, 2.24) is 0 Å². The maximum Gasteiger partial charge on any atom is 0.501 e. The lowest BCUT2D eigenvalue weighted by Crippen LogP contribution is -2.62. The van der Waals surface area contributed by atoms with Gasteiger partial charge in [-0.25, -0.2) is 8.42 Å². The largest absolute Gasteiger partial charge is 0.501 e. The Balaban J connectivity index is 2.41. The van der Waals surface area contributed by atoms with Crippen LogP contribution in [0.15, 0.2) is 23.1 Å². The Morgan fingerprint density at radius 3 is 2.46 bits per heavy atom. The van der Waals surface area contributed by atoms with Gasteiger partial charge in [0.2, 0.25) is 0 Å². The van der Waals surface area contributed by atoms with Crippen molar-refractivity contribution in [2.75, 3.05) is 18.0 Å². The second-order valence-corrected chi connectivity index (χ2v) is 7.21. The van der Waals surface area contributed by atoms with Crippen LogP contribution >= 0.6 is 0 Å². The van der Waals surface area contributed by atoms with Crippen LogP contribution in [-0.2, 0) is 9.84 Å². The molecule has 1 N–H and O–H groups in total. The van der Waals surface area contributed by atoms with Crippen molar-refractivity contribution in [3.63, 3.8) is 0 Å². The van der Waals surface area contributed by atoms with Gasteiger partial charge in [-0.05, 0) is 12.1 Å². The number of β-amino-alcohol motifs (C(OH)–C–C–N with tert-alkyl or cyclic N) is 1. The molecule has 24 heavy (non-hydrogen) atoms. The number of nitro groups is 1. The minimum absolute atomic E-state index is 0.132. The minimum atomic E-state index is -5.71. The first kappa shape index (κ1) is 18.0. The number of anilines is 1. The zero-order chi connectivity index (χ0) is 18.3. The Bertz CT molecular complexity index is 825. The van der Waals surface area contributed by atoms with Gasteiger partial charge in [-0.2, -0.15) is 18.4 Å². The summed E-state index contributed by atoms with van der Waals surface area (Å²) in [5.41, 5.74) is -7.91. The van der Waals surface area contributed by atoms with Gasteiger partial charge < -0.3 is 10.0 Å². The predicted molar refractivity (Wildman–Crippen MR) is 73.7 cm³/mol. The maximum absolute atomic E-state index is 12.5. The van der Waals surface area contributed by atoms with Crippen LogP contribution in [0.2, 0.25) is 0 Å². The van der Waals surface area contributed by atoms with E-state index in [1.54, 1.807) is 6.07 Å². The molecule has 0 saturated carbocycles. The highest BCUT2D eigenvalue weighted by molar-refractivity contribution is 7.92. The Hall–Kier alpha value is -2.39. The zero-order valence-corrected chi connectivity index (χ0v) is 12.6. The number of nitro benzene ring substituents is 1. The molecule has 0 aliphatic carbocycles. The predicted octanol–water partition coefficient (Wildman–Crippen LogP) is 1.35. The number of sulfone groups is 1. The average Bonchev–Trinajstić information content (AvgIpc) is 2.43. The topological polar surface area (TPSA) is 125 Å². The second-order valence-electron chi connectivity index (χ2n) is 5.27. The van der Waals surface area contributed by atoms with Gasteiger partial charge in [-0.3, -0.25) is 10.1 Å². The summed E-state index contributed by atoms with van der Waals surface area (Å²) in [5.74, 6) is 0. The van der Waals surface area contributed by atoms with E-state index in [1.165, 1.54) is 4.90 Å². The van der Waals surface area contributed by atoms with Crippen LogP contribution in [0.5, 0.6) is 0 Å². The van der Waals surface area contributed by atoms with Crippen molar-refractivity contribution in [3.05, 3.63) is 28.3 Å². The molecule has 0 atom stereocenters. The standard InChI is InChI=1S/C12H10F3N3O5S/c13-12(14,15)24(22,23)8-1-2-9(10(5-8)18(20)21)17-6-11(19,7-17)3-4-16/h1-2,5,19H,3,6-7H2. The van der Waals surface area contributed by atoms with E-state index >= 15 is 0 Å². The molecule has 2 rings (SSSR count). The number of nitriles is 1. The van der Waals surface area contributed by atoms with Crippen LogP contribution in [0.4, 0.5) is 24.5 Å². The molecule has 0 aromatic heterocycles.